The minimum atomic E-state index is -0.597. The Labute approximate surface area is 138 Å². The second kappa shape index (κ2) is 5.99. The first-order chi connectivity index (χ1) is 11.4. The second-order valence-electron chi connectivity index (χ2n) is 6.16. The smallest absolute Gasteiger partial charge is 0.332 e. The monoisotopic (exact) mass is 328 g/mol. The van der Waals surface area contributed by atoms with E-state index in [1.807, 2.05) is 18.2 Å². The number of nitrogens with zero attached hydrogens (tertiary/aromatic N) is 2. The maximum atomic E-state index is 12.6. The first-order valence-electron chi connectivity index (χ1n) is 7.83. The largest absolute Gasteiger partial charge is 0.383 e. The van der Waals surface area contributed by atoms with Crippen LogP contribution in [0.15, 0.2) is 33.9 Å². The van der Waals surface area contributed by atoms with Crippen LogP contribution in [0.25, 0.3) is 0 Å². The maximum Gasteiger partial charge on any atom is 0.332 e. The highest BCUT2D eigenvalue weighted by Crippen LogP contribution is 2.26. The molecule has 2 aromatic rings. The summed E-state index contributed by atoms with van der Waals surface area (Å²) in [5.41, 5.74) is 7.10. The molecule has 1 amide bonds. The van der Waals surface area contributed by atoms with Crippen LogP contribution in [0, 0.1) is 5.92 Å². The summed E-state index contributed by atoms with van der Waals surface area (Å²) in [4.78, 5) is 36.6. The number of nitrogens with one attached hydrogen (secondary N) is 1. The lowest BCUT2D eigenvalue weighted by molar-refractivity contribution is -0.120. The van der Waals surface area contributed by atoms with Crippen LogP contribution in [-0.4, -0.2) is 15.0 Å². The Morgan fingerprint density at radius 1 is 1.17 bits per heavy atom. The van der Waals surface area contributed by atoms with Crippen molar-refractivity contribution in [2.75, 3.05) is 11.1 Å². The highest BCUT2D eigenvalue weighted by atomic mass is 16.2. The van der Waals surface area contributed by atoms with Gasteiger partial charge in [-0.2, -0.15) is 0 Å². The standard InChI is InChI=1S/C17H20N4O3/c1-20-14(18)13(16(23)21(2)17(20)24)19-15(22)12-8-7-10-5-3-4-6-11(10)9-12/h3-6,12H,7-9,18H2,1-2H3,(H,19,22). The SMILES string of the molecule is Cn1c(N)c(NC(=O)C2CCc3ccccc3C2)c(=O)n(C)c1=O. The molecule has 0 fully saturated rings. The number of benzene rings is 1. The Hall–Kier alpha value is -2.83. The molecular weight excluding hydrogens is 308 g/mol. The molecule has 126 valence electrons. The fraction of sp³-hybridized carbons (Fsp3) is 0.353. The number of nitrogens with two attached hydrogens (primary N) is 1. The number of rotatable bonds is 2. The fourth-order valence-corrected chi connectivity index (χ4v) is 3.12. The Morgan fingerprint density at radius 2 is 1.83 bits per heavy atom. The van der Waals surface area contributed by atoms with Crippen molar-refractivity contribution >= 4 is 17.4 Å². The Morgan fingerprint density at radius 3 is 2.54 bits per heavy atom. The van der Waals surface area contributed by atoms with Crippen molar-refractivity contribution in [2.24, 2.45) is 20.0 Å². The first-order valence-corrected chi connectivity index (χ1v) is 7.83. The van der Waals surface area contributed by atoms with E-state index in [2.05, 4.69) is 11.4 Å². The van der Waals surface area contributed by atoms with Gasteiger partial charge in [0.1, 0.15) is 11.5 Å². The molecule has 1 heterocycles. The third-order valence-electron chi connectivity index (χ3n) is 4.68. The molecule has 3 rings (SSSR count). The molecule has 3 N–H and O–H groups in total. The van der Waals surface area contributed by atoms with Gasteiger partial charge in [0.05, 0.1) is 0 Å². The third kappa shape index (κ3) is 2.62. The maximum absolute atomic E-state index is 12.6. The number of aryl methyl sites for hydroxylation is 1. The summed E-state index contributed by atoms with van der Waals surface area (Å²) in [6.07, 6.45) is 2.18. The number of hydrogen-bond donors (Lipinski definition) is 2. The zero-order valence-corrected chi connectivity index (χ0v) is 13.7. The van der Waals surface area contributed by atoms with Crippen LogP contribution in [0.5, 0.6) is 0 Å². The zero-order valence-electron chi connectivity index (χ0n) is 13.7. The molecule has 0 bridgehead atoms. The topological polar surface area (TPSA) is 99.1 Å². The molecule has 7 heteroatoms. The Balaban J connectivity index is 1.87. The molecule has 7 nitrogen and oxygen atoms in total. The van der Waals surface area contributed by atoms with Crippen molar-refractivity contribution in [3.8, 4) is 0 Å². The van der Waals surface area contributed by atoms with E-state index >= 15 is 0 Å². The average Bonchev–Trinajstić information content (AvgIpc) is 2.61. The number of nitrogen functional groups attached to an aromatic ring is 1. The van der Waals surface area contributed by atoms with Crippen LogP contribution in [0.3, 0.4) is 0 Å². The number of fused-ring (bicyclic) bond motifs is 1. The average molecular weight is 328 g/mol. The lowest BCUT2D eigenvalue weighted by Crippen LogP contribution is -2.41. The molecule has 0 saturated heterocycles. The Kier molecular flexibility index (Phi) is 4.01. The van der Waals surface area contributed by atoms with E-state index in [1.165, 1.54) is 19.7 Å². The summed E-state index contributed by atoms with van der Waals surface area (Å²) in [6.45, 7) is 0. The minimum absolute atomic E-state index is 0.0346. The van der Waals surface area contributed by atoms with E-state index in [-0.39, 0.29) is 23.3 Å². The molecule has 24 heavy (non-hydrogen) atoms. The van der Waals surface area contributed by atoms with E-state index in [0.717, 1.165) is 27.5 Å². The van der Waals surface area contributed by atoms with Crippen molar-refractivity contribution < 1.29 is 4.79 Å². The van der Waals surface area contributed by atoms with Crippen molar-refractivity contribution in [2.45, 2.75) is 19.3 Å². The number of carbonyl (C=O) groups excluding carboxylic acids is 1. The van der Waals surface area contributed by atoms with Crippen LogP contribution in [0.4, 0.5) is 11.5 Å². The van der Waals surface area contributed by atoms with E-state index in [4.69, 9.17) is 5.73 Å². The van der Waals surface area contributed by atoms with Crippen LogP contribution in [0.2, 0.25) is 0 Å². The molecular formula is C17H20N4O3. The van der Waals surface area contributed by atoms with Crippen molar-refractivity contribution in [1.82, 2.24) is 9.13 Å². The molecule has 0 aliphatic heterocycles. The molecule has 0 radical (unpaired) electrons. The number of hydrogen-bond acceptors (Lipinski definition) is 4. The van der Waals surface area contributed by atoms with Gasteiger partial charge in [-0.05, 0) is 30.4 Å². The molecule has 1 aliphatic carbocycles. The summed E-state index contributed by atoms with van der Waals surface area (Å²) in [5, 5.41) is 2.63. The zero-order chi connectivity index (χ0) is 17.4. The second-order valence-corrected chi connectivity index (χ2v) is 6.16. The summed E-state index contributed by atoms with van der Waals surface area (Å²) < 4.78 is 2.08. The van der Waals surface area contributed by atoms with Gasteiger partial charge in [0.2, 0.25) is 5.91 Å². The molecule has 1 aromatic carbocycles. The van der Waals surface area contributed by atoms with Crippen LogP contribution >= 0.6 is 0 Å². The third-order valence-corrected chi connectivity index (χ3v) is 4.68. The highest BCUT2D eigenvalue weighted by molar-refractivity contribution is 5.94. The van der Waals surface area contributed by atoms with Crippen molar-refractivity contribution in [3.05, 3.63) is 56.2 Å². The summed E-state index contributed by atoms with van der Waals surface area (Å²) in [7, 11) is 2.82. The van der Waals surface area contributed by atoms with Gasteiger partial charge in [-0.1, -0.05) is 24.3 Å². The van der Waals surface area contributed by atoms with E-state index in [0.29, 0.717) is 6.42 Å². The van der Waals surface area contributed by atoms with E-state index in [9.17, 15) is 14.4 Å². The minimum Gasteiger partial charge on any atom is -0.383 e. The number of carbonyl (C=O) groups is 1. The molecule has 1 aromatic heterocycles. The van der Waals surface area contributed by atoms with E-state index < -0.39 is 11.2 Å². The molecule has 0 saturated carbocycles. The quantitative estimate of drug-likeness (QED) is 0.834. The lowest BCUT2D eigenvalue weighted by Gasteiger charge is -2.24. The van der Waals surface area contributed by atoms with Gasteiger partial charge in [-0.25, -0.2) is 4.79 Å². The first kappa shape index (κ1) is 16.0. The summed E-state index contributed by atoms with van der Waals surface area (Å²) in [6, 6.07) is 8.05. The number of anilines is 2. The summed E-state index contributed by atoms with van der Waals surface area (Å²) >= 11 is 0. The van der Waals surface area contributed by atoms with Gasteiger partial charge in [-0.15, -0.1) is 0 Å². The predicted molar refractivity (Wildman–Crippen MR) is 91.9 cm³/mol. The van der Waals surface area contributed by atoms with Gasteiger partial charge in [0.15, 0.2) is 0 Å². The number of amides is 1. The van der Waals surface area contributed by atoms with Gasteiger partial charge < -0.3 is 11.1 Å². The highest BCUT2D eigenvalue weighted by Gasteiger charge is 2.26. The van der Waals surface area contributed by atoms with Gasteiger partial charge in [-0.3, -0.25) is 18.7 Å². The van der Waals surface area contributed by atoms with Crippen LogP contribution < -0.4 is 22.3 Å². The Bertz CT molecular complexity index is 926. The normalized spacial score (nSPS) is 16.5. The van der Waals surface area contributed by atoms with Crippen molar-refractivity contribution in [1.29, 1.82) is 0 Å². The number of aromatic nitrogens is 2. The molecule has 1 aliphatic rings. The van der Waals surface area contributed by atoms with Crippen LogP contribution in [-0.2, 0) is 31.7 Å². The van der Waals surface area contributed by atoms with E-state index in [1.54, 1.807) is 0 Å². The summed E-state index contributed by atoms with van der Waals surface area (Å²) in [5.74, 6) is -0.499. The molecule has 1 unspecified atom stereocenters. The lowest BCUT2D eigenvalue weighted by atomic mass is 9.83. The molecule has 1 atom stereocenters. The molecule has 0 spiro atoms. The van der Waals surface area contributed by atoms with Gasteiger partial charge >= 0.3 is 5.69 Å². The van der Waals surface area contributed by atoms with Gasteiger partial charge in [0, 0.05) is 20.0 Å². The van der Waals surface area contributed by atoms with Crippen molar-refractivity contribution in [3.63, 3.8) is 0 Å². The van der Waals surface area contributed by atoms with Gasteiger partial charge in [0.25, 0.3) is 5.56 Å². The predicted octanol–water partition coefficient (Wildman–Crippen LogP) is 0.410. The fourth-order valence-electron chi connectivity index (χ4n) is 3.12. The van der Waals surface area contributed by atoms with Crippen LogP contribution in [0.1, 0.15) is 17.5 Å².